The zero-order valence-electron chi connectivity index (χ0n) is 14.1. The monoisotopic (exact) mass is 331 g/mol. The summed E-state index contributed by atoms with van der Waals surface area (Å²) in [7, 11) is 1.67. The van der Waals surface area contributed by atoms with Crippen molar-refractivity contribution in [2.24, 2.45) is 4.99 Å². The summed E-state index contributed by atoms with van der Waals surface area (Å²) >= 11 is 0. The molecule has 0 saturated carbocycles. The van der Waals surface area contributed by atoms with Gasteiger partial charge in [-0.15, -0.1) is 0 Å². The minimum absolute atomic E-state index is 0.568. The number of benzene rings is 3. The molecule has 2 N–H and O–H groups in total. The molecule has 4 heteroatoms. The van der Waals surface area contributed by atoms with Gasteiger partial charge in [0.05, 0.1) is 13.7 Å². The molecule has 0 radical (unpaired) electrons. The number of aliphatic imine (C=N–C) groups is 1. The maximum Gasteiger partial charge on any atom is 0.200 e. The molecule has 0 aliphatic rings. The van der Waals surface area contributed by atoms with Crippen molar-refractivity contribution in [3.05, 3.63) is 90.5 Å². The Morgan fingerprint density at radius 3 is 1.76 bits per heavy atom. The van der Waals surface area contributed by atoms with Crippen molar-refractivity contribution < 1.29 is 4.74 Å². The maximum atomic E-state index is 5.19. The van der Waals surface area contributed by atoms with Crippen LogP contribution in [-0.4, -0.2) is 13.1 Å². The second kappa shape index (κ2) is 8.55. The molecule has 0 unspecified atom stereocenters. The van der Waals surface area contributed by atoms with E-state index >= 15 is 0 Å². The van der Waals surface area contributed by atoms with E-state index in [0.717, 1.165) is 22.7 Å². The molecule has 4 nitrogen and oxygen atoms in total. The van der Waals surface area contributed by atoms with Crippen LogP contribution in [0.3, 0.4) is 0 Å². The summed E-state index contributed by atoms with van der Waals surface area (Å²) in [5, 5.41) is 6.67. The van der Waals surface area contributed by atoms with Crippen molar-refractivity contribution in [1.29, 1.82) is 0 Å². The van der Waals surface area contributed by atoms with Crippen molar-refractivity contribution >= 4 is 17.3 Å². The third-order valence-electron chi connectivity index (χ3n) is 3.65. The predicted molar refractivity (Wildman–Crippen MR) is 104 cm³/mol. The van der Waals surface area contributed by atoms with E-state index < -0.39 is 0 Å². The molecule has 25 heavy (non-hydrogen) atoms. The number of hydrogen-bond acceptors (Lipinski definition) is 2. The summed E-state index contributed by atoms with van der Waals surface area (Å²) in [6.45, 7) is 0.568. The van der Waals surface area contributed by atoms with Gasteiger partial charge in [-0.2, -0.15) is 0 Å². The van der Waals surface area contributed by atoms with Gasteiger partial charge in [0.2, 0.25) is 5.96 Å². The van der Waals surface area contributed by atoms with Crippen LogP contribution in [0.15, 0.2) is 89.9 Å². The maximum absolute atomic E-state index is 5.19. The fourth-order valence-corrected chi connectivity index (χ4v) is 2.33. The quantitative estimate of drug-likeness (QED) is 0.522. The minimum atomic E-state index is 0.568. The average Bonchev–Trinajstić information content (AvgIpc) is 2.68. The normalized spacial score (nSPS) is 9.96. The highest BCUT2D eigenvalue weighted by molar-refractivity contribution is 6.03. The lowest BCUT2D eigenvalue weighted by Crippen LogP contribution is -2.22. The Morgan fingerprint density at radius 2 is 1.28 bits per heavy atom. The van der Waals surface area contributed by atoms with E-state index in [9.17, 15) is 0 Å². The number of rotatable bonds is 5. The lowest BCUT2D eigenvalue weighted by atomic mass is 10.2. The van der Waals surface area contributed by atoms with E-state index in [1.54, 1.807) is 7.11 Å². The molecular weight excluding hydrogens is 310 g/mol. The van der Waals surface area contributed by atoms with E-state index in [1.807, 2.05) is 84.9 Å². The Labute approximate surface area is 148 Å². The molecule has 0 aromatic heterocycles. The number of para-hydroxylation sites is 2. The van der Waals surface area contributed by atoms with Gasteiger partial charge in [-0.05, 0) is 42.0 Å². The predicted octanol–water partition coefficient (Wildman–Crippen LogP) is 4.78. The number of anilines is 2. The van der Waals surface area contributed by atoms with E-state index in [4.69, 9.17) is 9.73 Å². The van der Waals surface area contributed by atoms with Crippen molar-refractivity contribution in [2.45, 2.75) is 6.54 Å². The topological polar surface area (TPSA) is 45.6 Å². The van der Waals surface area contributed by atoms with Gasteiger partial charge in [0.1, 0.15) is 5.75 Å². The number of nitrogens with zero attached hydrogens (tertiary/aromatic N) is 1. The molecule has 0 aliphatic carbocycles. The van der Waals surface area contributed by atoms with Gasteiger partial charge in [-0.25, -0.2) is 4.99 Å². The van der Waals surface area contributed by atoms with Crippen LogP contribution in [0.2, 0.25) is 0 Å². The van der Waals surface area contributed by atoms with Crippen molar-refractivity contribution in [2.75, 3.05) is 17.7 Å². The summed E-state index contributed by atoms with van der Waals surface area (Å²) in [4.78, 5) is 4.69. The van der Waals surface area contributed by atoms with E-state index in [-0.39, 0.29) is 0 Å². The van der Waals surface area contributed by atoms with Crippen LogP contribution >= 0.6 is 0 Å². The van der Waals surface area contributed by atoms with Crippen molar-refractivity contribution in [3.63, 3.8) is 0 Å². The third-order valence-corrected chi connectivity index (χ3v) is 3.65. The molecule has 3 aromatic carbocycles. The first kappa shape index (κ1) is 16.6. The molecule has 0 saturated heterocycles. The Bertz CT molecular complexity index is 756. The first-order chi connectivity index (χ1) is 12.3. The molecule has 3 rings (SSSR count). The van der Waals surface area contributed by atoms with Crippen LogP contribution in [0, 0.1) is 0 Å². The highest BCUT2D eigenvalue weighted by atomic mass is 16.5. The summed E-state index contributed by atoms with van der Waals surface area (Å²) in [5.74, 6) is 1.55. The van der Waals surface area contributed by atoms with Crippen LogP contribution < -0.4 is 15.4 Å². The van der Waals surface area contributed by atoms with Gasteiger partial charge >= 0.3 is 0 Å². The Balaban J connectivity index is 1.76. The molecule has 0 atom stereocenters. The van der Waals surface area contributed by atoms with Gasteiger partial charge in [-0.3, -0.25) is 0 Å². The van der Waals surface area contributed by atoms with Crippen LogP contribution in [-0.2, 0) is 6.54 Å². The Kier molecular flexibility index (Phi) is 5.67. The summed E-state index contributed by atoms with van der Waals surface area (Å²) in [6, 6.07) is 27.9. The second-order valence-electron chi connectivity index (χ2n) is 5.49. The van der Waals surface area contributed by atoms with E-state index in [0.29, 0.717) is 12.5 Å². The number of guanidine groups is 1. The highest BCUT2D eigenvalue weighted by Crippen LogP contribution is 2.13. The largest absolute Gasteiger partial charge is 0.497 e. The van der Waals surface area contributed by atoms with Crippen LogP contribution in [0.5, 0.6) is 5.75 Å². The summed E-state index contributed by atoms with van der Waals surface area (Å²) in [5.41, 5.74) is 3.09. The first-order valence-electron chi connectivity index (χ1n) is 8.15. The second-order valence-corrected chi connectivity index (χ2v) is 5.49. The van der Waals surface area contributed by atoms with Crippen LogP contribution in [0.25, 0.3) is 0 Å². The molecule has 3 aromatic rings. The van der Waals surface area contributed by atoms with Gasteiger partial charge in [-0.1, -0.05) is 48.5 Å². The minimum Gasteiger partial charge on any atom is -0.497 e. The van der Waals surface area contributed by atoms with Crippen LogP contribution in [0.4, 0.5) is 11.4 Å². The molecule has 0 fully saturated rings. The number of hydrogen-bond donors (Lipinski definition) is 2. The van der Waals surface area contributed by atoms with Crippen molar-refractivity contribution in [3.8, 4) is 5.75 Å². The first-order valence-corrected chi connectivity index (χ1v) is 8.15. The molecule has 0 aliphatic heterocycles. The lowest BCUT2D eigenvalue weighted by molar-refractivity contribution is 0.414. The fourth-order valence-electron chi connectivity index (χ4n) is 2.33. The Morgan fingerprint density at radius 1 is 0.760 bits per heavy atom. The molecule has 0 spiro atoms. The summed E-state index contributed by atoms with van der Waals surface area (Å²) in [6.07, 6.45) is 0. The SMILES string of the molecule is COc1ccc(CN=C(Nc2ccccc2)Nc2ccccc2)cc1. The average molecular weight is 331 g/mol. The molecule has 0 heterocycles. The standard InChI is InChI=1S/C21H21N3O/c1-25-20-14-12-17(13-15-20)16-22-21(23-18-8-4-2-5-9-18)24-19-10-6-3-7-11-19/h2-15H,16H2,1H3,(H2,22,23,24). The Hall–Kier alpha value is -3.27. The molecular formula is C21H21N3O. The van der Waals surface area contributed by atoms with Crippen LogP contribution in [0.1, 0.15) is 5.56 Å². The smallest absolute Gasteiger partial charge is 0.200 e. The number of ether oxygens (including phenoxy) is 1. The molecule has 0 bridgehead atoms. The van der Waals surface area contributed by atoms with E-state index in [1.165, 1.54) is 0 Å². The third kappa shape index (κ3) is 5.11. The zero-order valence-corrected chi connectivity index (χ0v) is 14.1. The summed E-state index contributed by atoms with van der Waals surface area (Å²) < 4.78 is 5.19. The van der Waals surface area contributed by atoms with Gasteiger partial charge < -0.3 is 15.4 Å². The van der Waals surface area contributed by atoms with Gasteiger partial charge in [0, 0.05) is 11.4 Å². The molecule has 126 valence electrons. The highest BCUT2D eigenvalue weighted by Gasteiger charge is 2.02. The van der Waals surface area contributed by atoms with Gasteiger partial charge in [0.25, 0.3) is 0 Å². The molecule has 0 amide bonds. The fraction of sp³-hybridized carbons (Fsp3) is 0.0952. The van der Waals surface area contributed by atoms with Crippen molar-refractivity contribution in [1.82, 2.24) is 0 Å². The lowest BCUT2D eigenvalue weighted by Gasteiger charge is -2.13. The van der Waals surface area contributed by atoms with Gasteiger partial charge in [0.15, 0.2) is 0 Å². The number of nitrogens with one attached hydrogen (secondary N) is 2. The zero-order chi connectivity index (χ0) is 17.3. The van der Waals surface area contributed by atoms with E-state index in [2.05, 4.69) is 10.6 Å². The number of methoxy groups -OCH3 is 1.